The van der Waals surface area contributed by atoms with Crippen molar-refractivity contribution < 1.29 is 4.74 Å². The second-order valence-electron chi connectivity index (χ2n) is 2.81. The number of allylic oxidation sites excluding steroid dienone is 1. The molecular weight excluding hydrogens is 138 g/mol. The molecule has 0 aromatic rings. The standard InChI is InChI=1S/C9H15NO/c1-3-8(2)10-9-5-4-6-11-7-9/h4,6-8,10H,3,5H2,1-2H3. The average Bonchev–Trinajstić information content (AvgIpc) is 2.06. The van der Waals surface area contributed by atoms with E-state index in [1.807, 2.05) is 6.08 Å². The van der Waals surface area contributed by atoms with Crippen molar-refractivity contribution in [2.24, 2.45) is 0 Å². The zero-order valence-electron chi connectivity index (χ0n) is 7.13. The van der Waals surface area contributed by atoms with Gasteiger partial charge in [-0.25, -0.2) is 0 Å². The first-order valence-corrected chi connectivity index (χ1v) is 4.09. The lowest BCUT2D eigenvalue weighted by Gasteiger charge is -2.16. The minimum atomic E-state index is 0.538. The fourth-order valence-electron chi connectivity index (χ4n) is 0.912. The summed E-state index contributed by atoms with van der Waals surface area (Å²) >= 11 is 0. The van der Waals surface area contributed by atoms with Gasteiger partial charge in [-0.3, -0.25) is 0 Å². The minimum Gasteiger partial charge on any atom is -0.471 e. The Labute approximate surface area is 67.9 Å². The van der Waals surface area contributed by atoms with Crippen molar-refractivity contribution in [1.82, 2.24) is 5.32 Å². The van der Waals surface area contributed by atoms with Crippen LogP contribution in [0.5, 0.6) is 0 Å². The molecule has 1 atom stereocenters. The maximum Gasteiger partial charge on any atom is 0.109 e. The van der Waals surface area contributed by atoms with Gasteiger partial charge in [-0.05, 0) is 19.4 Å². The second-order valence-corrected chi connectivity index (χ2v) is 2.81. The van der Waals surface area contributed by atoms with Gasteiger partial charge in [-0.15, -0.1) is 0 Å². The molecule has 62 valence electrons. The van der Waals surface area contributed by atoms with Crippen LogP contribution in [0.4, 0.5) is 0 Å². The summed E-state index contributed by atoms with van der Waals surface area (Å²) < 4.78 is 5.02. The number of rotatable bonds is 3. The van der Waals surface area contributed by atoms with E-state index in [0.29, 0.717) is 6.04 Å². The molecule has 1 aliphatic heterocycles. The van der Waals surface area contributed by atoms with Crippen LogP contribution >= 0.6 is 0 Å². The molecule has 0 amide bonds. The Kier molecular flexibility index (Phi) is 3.02. The van der Waals surface area contributed by atoms with Gasteiger partial charge in [0.25, 0.3) is 0 Å². The van der Waals surface area contributed by atoms with Crippen LogP contribution in [0, 0.1) is 0 Å². The Bertz CT molecular complexity index is 172. The van der Waals surface area contributed by atoms with Crippen molar-refractivity contribution >= 4 is 0 Å². The summed E-state index contributed by atoms with van der Waals surface area (Å²) in [4.78, 5) is 0. The lowest BCUT2D eigenvalue weighted by Crippen LogP contribution is -2.24. The SMILES string of the molecule is CCC(C)NC1=COC=CC1. The molecule has 0 aliphatic carbocycles. The van der Waals surface area contributed by atoms with Gasteiger partial charge in [0.1, 0.15) is 6.26 Å². The van der Waals surface area contributed by atoms with Crippen molar-refractivity contribution in [2.45, 2.75) is 32.7 Å². The monoisotopic (exact) mass is 153 g/mol. The van der Waals surface area contributed by atoms with Crippen LogP contribution < -0.4 is 5.32 Å². The highest BCUT2D eigenvalue weighted by Gasteiger charge is 2.02. The summed E-state index contributed by atoms with van der Waals surface area (Å²) in [6.45, 7) is 4.33. The van der Waals surface area contributed by atoms with Crippen LogP contribution in [0.15, 0.2) is 24.3 Å². The van der Waals surface area contributed by atoms with Gasteiger partial charge >= 0.3 is 0 Å². The number of nitrogens with one attached hydrogen (secondary N) is 1. The number of hydrogen-bond donors (Lipinski definition) is 1. The van der Waals surface area contributed by atoms with Crippen LogP contribution in [0.2, 0.25) is 0 Å². The van der Waals surface area contributed by atoms with E-state index in [1.54, 1.807) is 12.5 Å². The summed E-state index contributed by atoms with van der Waals surface area (Å²) in [5.74, 6) is 0. The van der Waals surface area contributed by atoms with Crippen LogP contribution in [0.3, 0.4) is 0 Å². The van der Waals surface area contributed by atoms with Crippen molar-refractivity contribution in [2.75, 3.05) is 0 Å². The molecule has 2 nitrogen and oxygen atoms in total. The van der Waals surface area contributed by atoms with Gasteiger partial charge in [0, 0.05) is 12.5 Å². The normalized spacial score (nSPS) is 18.5. The summed E-state index contributed by atoms with van der Waals surface area (Å²) in [6, 6.07) is 0.538. The molecule has 0 bridgehead atoms. The lowest BCUT2D eigenvalue weighted by atomic mass is 10.2. The predicted molar refractivity (Wildman–Crippen MR) is 45.8 cm³/mol. The molecular formula is C9H15NO. The molecule has 0 saturated heterocycles. The van der Waals surface area contributed by atoms with E-state index in [2.05, 4.69) is 19.2 Å². The predicted octanol–water partition coefficient (Wildman–Crippen LogP) is 2.15. The maximum atomic E-state index is 5.02. The van der Waals surface area contributed by atoms with Gasteiger partial charge in [0.05, 0.1) is 12.0 Å². The third kappa shape index (κ3) is 2.66. The Morgan fingerprint density at radius 3 is 3.09 bits per heavy atom. The first-order valence-electron chi connectivity index (χ1n) is 4.09. The lowest BCUT2D eigenvalue weighted by molar-refractivity contribution is 0.377. The third-order valence-electron chi connectivity index (χ3n) is 1.77. The molecule has 0 aromatic carbocycles. The quantitative estimate of drug-likeness (QED) is 0.670. The fourth-order valence-corrected chi connectivity index (χ4v) is 0.912. The van der Waals surface area contributed by atoms with Crippen molar-refractivity contribution in [3.8, 4) is 0 Å². The Morgan fingerprint density at radius 2 is 2.55 bits per heavy atom. The summed E-state index contributed by atoms with van der Waals surface area (Å²) in [6.07, 6.45) is 7.59. The molecule has 0 fully saturated rings. The molecule has 0 spiro atoms. The van der Waals surface area contributed by atoms with E-state index in [1.165, 1.54) is 5.70 Å². The Hall–Kier alpha value is -0.920. The molecule has 0 aromatic heterocycles. The average molecular weight is 153 g/mol. The molecule has 2 heteroatoms. The minimum absolute atomic E-state index is 0.538. The highest BCUT2D eigenvalue weighted by atomic mass is 16.5. The van der Waals surface area contributed by atoms with Crippen molar-refractivity contribution in [3.05, 3.63) is 24.3 Å². The molecule has 1 unspecified atom stereocenters. The molecule has 1 aliphatic rings. The van der Waals surface area contributed by atoms with E-state index >= 15 is 0 Å². The van der Waals surface area contributed by atoms with Gasteiger partial charge < -0.3 is 10.1 Å². The summed E-state index contributed by atoms with van der Waals surface area (Å²) in [5, 5.41) is 3.35. The summed E-state index contributed by atoms with van der Waals surface area (Å²) in [5.41, 5.74) is 1.17. The fraction of sp³-hybridized carbons (Fsp3) is 0.556. The van der Waals surface area contributed by atoms with Gasteiger partial charge in [0.2, 0.25) is 0 Å². The zero-order valence-corrected chi connectivity index (χ0v) is 7.13. The van der Waals surface area contributed by atoms with E-state index < -0.39 is 0 Å². The smallest absolute Gasteiger partial charge is 0.109 e. The molecule has 1 N–H and O–H groups in total. The highest BCUT2D eigenvalue weighted by molar-refractivity contribution is 5.06. The van der Waals surface area contributed by atoms with Crippen LogP contribution in [0.1, 0.15) is 26.7 Å². The van der Waals surface area contributed by atoms with Gasteiger partial charge in [-0.2, -0.15) is 0 Å². The zero-order chi connectivity index (χ0) is 8.10. The molecule has 0 saturated carbocycles. The van der Waals surface area contributed by atoms with Crippen LogP contribution in [-0.2, 0) is 4.74 Å². The first kappa shape index (κ1) is 8.18. The largest absolute Gasteiger partial charge is 0.471 e. The summed E-state index contributed by atoms with van der Waals surface area (Å²) in [7, 11) is 0. The highest BCUT2D eigenvalue weighted by Crippen LogP contribution is 2.06. The van der Waals surface area contributed by atoms with Crippen LogP contribution in [-0.4, -0.2) is 6.04 Å². The maximum absolute atomic E-state index is 5.02. The van der Waals surface area contributed by atoms with E-state index in [0.717, 1.165) is 12.8 Å². The van der Waals surface area contributed by atoms with Gasteiger partial charge in [0.15, 0.2) is 0 Å². The topological polar surface area (TPSA) is 21.3 Å². The van der Waals surface area contributed by atoms with Crippen LogP contribution in [0.25, 0.3) is 0 Å². The molecule has 1 rings (SSSR count). The van der Waals surface area contributed by atoms with Crippen molar-refractivity contribution in [3.63, 3.8) is 0 Å². The van der Waals surface area contributed by atoms with E-state index in [4.69, 9.17) is 4.74 Å². The second kappa shape index (κ2) is 4.06. The first-order chi connectivity index (χ1) is 5.33. The molecule has 11 heavy (non-hydrogen) atoms. The Morgan fingerprint density at radius 1 is 1.73 bits per heavy atom. The number of hydrogen-bond acceptors (Lipinski definition) is 2. The molecule has 0 radical (unpaired) electrons. The number of ether oxygens (including phenoxy) is 1. The third-order valence-corrected chi connectivity index (χ3v) is 1.77. The van der Waals surface area contributed by atoms with Gasteiger partial charge in [-0.1, -0.05) is 6.92 Å². The Balaban J connectivity index is 2.31. The van der Waals surface area contributed by atoms with E-state index in [-0.39, 0.29) is 0 Å². The molecule has 1 heterocycles. The van der Waals surface area contributed by atoms with Crippen molar-refractivity contribution in [1.29, 1.82) is 0 Å². The van der Waals surface area contributed by atoms with E-state index in [9.17, 15) is 0 Å².